The van der Waals surface area contributed by atoms with Crippen LogP contribution in [0.2, 0.25) is 0 Å². The lowest BCUT2D eigenvalue weighted by atomic mass is 10.1. The third-order valence-electron chi connectivity index (χ3n) is 8.32. The SMILES string of the molecule is COC(=O)NC1CCN(C(=O)OCc2ccccc2)CC1.COC(=O)NC1CCNCC1.NC1CCN(C(=O)OCc2ccccc2)CC1. The van der Waals surface area contributed by atoms with Gasteiger partial charge < -0.3 is 50.4 Å². The van der Waals surface area contributed by atoms with Gasteiger partial charge in [-0.1, -0.05) is 60.7 Å². The van der Waals surface area contributed by atoms with Gasteiger partial charge >= 0.3 is 24.4 Å². The number of nitrogens with one attached hydrogen (secondary N) is 3. The maximum Gasteiger partial charge on any atom is 0.410 e. The lowest BCUT2D eigenvalue weighted by molar-refractivity contribution is 0.0845. The average molecular weight is 685 g/mol. The van der Waals surface area contributed by atoms with Crippen LogP contribution in [0.25, 0.3) is 0 Å². The standard InChI is InChI=1S/C15H20N2O4.C13H18N2O2.C7H14N2O2/c1-20-14(18)16-13-7-9-17(10-8-13)15(19)21-11-12-5-3-2-4-6-12;14-12-6-8-15(9-7-12)13(16)17-10-11-4-2-1-3-5-11;1-11-7(10)9-6-2-4-8-5-3-6/h2-6,13H,7-11H2,1H3,(H,16,18);1-5,12H,6-10,14H2;6,8H,2-5H2,1H3,(H,9,10). The molecule has 0 unspecified atom stereocenters. The highest BCUT2D eigenvalue weighted by Gasteiger charge is 2.25. The number of nitrogens with two attached hydrogens (primary N) is 1. The van der Waals surface area contributed by atoms with E-state index in [0.29, 0.717) is 51.7 Å². The normalized spacial score (nSPS) is 16.8. The van der Waals surface area contributed by atoms with E-state index in [9.17, 15) is 19.2 Å². The van der Waals surface area contributed by atoms with Crippen molar-refractivity contribution < 1.29 is 38.1 Å². The molecule has 270 valence electrons. The van der Waals surface area contributed by atoms with Crippen molar-refractivity contribution in [2.45, 2.75) is 69.9 Å². The number of likely N-dealkylation sites (tertiary alicyclic amines) is 2. The monoisotopic (exact) mass is 684 g/mol. The molecular weight excluding hydrogens is 632 g/mol. The van der Waals surface area contributed by atoms with Gasteiger partial charge in [0, 0.05) is 44.3 Å². The Morgan fingerprint density at radius 2 is 1.04 bits per heavy atom. The second-order valence-corrected chi connectivity index (χ2v) is 12.0. The van der Waals surface area contributed by atoms with E-state index in [2.05, 4.69) is 25.4 Å². The van der Waals surface area contributed by atoms with Gasteiger partial charge in [0.15, 0.2) is 0 Å². The van der Waals surface area contributed by atoms with Crippen LogP contribution < -0.4 is 21.7 Å². The van der Waals surface area contributed by atoms with Crippen molar-refractivity contribution in [2.24, 2.45) is 5.73 Å². The van der Waals surface area contributed by atoms with Crippen LogP contribution in [0, 0.1) is 0 Å². The van der Waals surface area contributed by atoms with Crippen LogP contribution in [0.15, 0.2) is 60.7 Å². The number of alkyl carbamates (subject to hydrolysis) is 2. The number of amides is 4. The molecule has 3 aliphatic rings. The molecule has 3 saturated heterocycles. The number of rotatable bonds is 6. The zero-order valence-electron chi connectivity index (χ0n) is 28.6. The quantitative estimate of drug-likeness (QED) is 0.326. The highest BCUT2D eigenvalue weighted by Crippen LogP contribution is 2.13. The molecule has 0 radical (unpaired) electrons. The molecule has 5 N–H and O–H groups in total. The molecule has 4 amide bonds. The molecular formula is C35H52N6O8. The number of methoxy groups -OCH3 is 2. The van der Waals surface area contributed by atoms with Gasteiger partial charge in [-0.25, -0.2) is 19.2 Å². The fraction of sp³-hybridized carbons (Fsp3) is 0.543. The minimum absolute atomic E-state index is 0.0515. The lowest BCUT2D eigenvalue weighted by Gasteiger charge is -2.31. The highest BCUT2D eigenvalue weighted by atomic mass is 16.6. The van der Waals surface area contributed by atoms with Crippen molar-refractivity contribution in [3.63, 3.8) is 0 Å². The van der Waals surface area contributed by atoms with Crippen molar-refractivity contribution in [1.82, 2.24) is 25.8 Å². The number of carbonyl (C=O) groups is 4. The van der Waals surface area contributed by atoms with E-state index in [1.54, 1.807) is 9.80 Å². The summed E-state index contributed by atoms with van der Waals surface area (Å²) in [6, 6.07) is 19.8. The van der Waals surface area contributed by atoms with Crippen molar-refractivity contribution in [1.29, 1.82) is 0 Å². The smallest absolute Gasteiger partial charge is 0.410 e. The van der Waals surface area contributed by atoms with Crippen LogP contribution in [0.3, 0.4) is 0 Å². The van der Waals surface area contributed by atoms with E-state index in [1.807, 2.05) is 60.7 Å². The van der Waals surface area contributed by atoms with Crippen molar-refractivity contribution in [3.8, 4) is 0 Å². The largest absolute Gasteiger partial charge is 0.453 e. The van der Waals surface area contributed by atoms with Crippen molar-refractivity contribution in [2.75, 3.05) is 53.5 Å². The fourth-order valence-corrected chi connectivity index (χ4v) is 5.33. The molecule has 0 atom stereocenters. The van der Waals surface area contributed by atoms with Gasteiger partial charge in [-0.05, 0) is 62.7 Å². The number of ether oxygens (including phenoxy) is 4. The summed E-state index contributed by atoms with van der Waals surface area (Å²) in [5.74, 6) is 0. The Hall–Kier alpha value is -4.56. The summed E-state index contributed by atoms with van der Waals surface area (Å²) >= 11 is 0. The van der Waals surface area contributed by atoms with Crippen LogP contribution in [-0.2, 0) is 32.2 Å². The van der Waals surface area contributed by atoms with Gasteiger partial charge in [-0.15, -0.1) is 0 Å². The summed E-state index contributed by atoms with van der Waals surface area (Å²) < 4.78 is 19.6. The number of carbonyl (C=O) groups excluding carboxylic acids is 4. The van der Waals surface area contributed by atoms with E-state index < -0.39 is 6.09 Å². The van der Waals surface area contributed by atoms with Crippen LogP contribution >= 0.6 is 0 Å². The van der Waals surface area contributed by atoms with E-state index in [-0.39, 0.29) is 37.0 Å². The van der Waals surface area contributed by atoms with E-state index in [0.717, 1.165) is 49.9 Å². The summed E-state index contributed by atoms with van der Waals surface area (Å²) in [6.45, 7) is 5.12. The Bertz CT molecular complexity index is 1250. The van der Waals surface area contributed by atoms with Crippen LogP contribution in [0.4, 0.5) is 19.2 Å². The molecule has 0 aliphatic carbocycles. The Balaban J connectivity index is 0.000000209. The van der Waals surface area contributed by atoms with E-state index >= 15 is 0 Å². The molecule has 3 heterocycles. The summed E-state index contributed by atoms with van der Waals surface area (Å²) in [4.78, 5) is 48.9. The van der Waals surface area contributed by atoms with Crippen molar-refractivity contribution >= 4 is 24.4 Å². The molecule has 49 heavy (non-hydrogen) atoms. The Morgan fingerprint density at radius 3 is 1.45 bits per heavy atom. The molecule has 0 aromatic heterocycles. The third-order valence-corrected chi connectivity index (χ3v) is 8.32. The predicted molar refractivity (Wildman–Crippen MR) is 184 cm³/mol. The maximum atomic E-state index is 11.9. The van der Waals surface area contributed by atoms with E-state index in [4.69, 9.17) is 15.2 Å². The van der Waals surface area contributed by atoms with Gasteiger partial charge in [0.1, 0.15) is 13.2 Å². The van der Waals surface area contributed by atoms with Gasteiger partial charge in [0.05, 0.1) is 14.2 Å². The molecule has 14 heteroatoms. The number of hydrogen-bond donors (Lipinski definition) is 4. The first-order chi connectivity index (χ1) is 23.8. The molecule has 14 nitrogen and oxygen atoms in total. The Morgan fingerprint density at radius 1 is 0.653 bits per heavy atom. The van der Waals surface area contributed by atoms with Crippen LogP contribution in [0.5, 0.6) is 0 Å². The summed E-state index contributed by atoms with van der Waals surface area (Å²) in [5.41, 5.74) is 7.76. The molecule has 0 bridgehead atoms. The van der Waals surface area contributed by atoms with Gasteiger partial charge in [-0.2, -0.15) is 0 Å². The fourth-order valence-electron chi connectivity index (χ4n) is 5.33. The molecule has 2 aromatic carbocycles. The molecule has 5 rings (SSSR count). The van der Waals surface area contributed by atoms with Gasteiger partial charge in [-0.3, -0.25) is 0 Å². The first kappa shape index (κ1) is 38.9. The molecule has 0 saturated carbocycles. The summed E-state index contributed by atoms with van der Waals surface area (Å²) in [5, 5.41) is 8.73. The topological polar surface area (TPSA) is 174 Å². The summed E-state index contributed by atoms with van der Waals surface area (Å²) in [6.07, 6.45) is 3.82. The number of hydrogen-bond acceptors (Lipinski definition) is 10. The zero-order chi connectivity index (χ0) is 35.3. The first-order valence-corrected chi connectivity index (χ1v) is 16.8. The number of nitrogens with zero attached hydrogens (tertiary/aromatic N) is 2. The second kappa shape index (κ2) is 22.1. The van der Waals surface area contributed by atoms with Gasteiger partial charge in [0.2, 0.25) is 0 Å². The van der Waals surface area contributed by atoms with Crippen molar-refractivity contribution in [3.05, 3.63) is 71.8 Å². The Kier molecular flexibility index (Phi) is 17.6. The second-order valence-electron chi connectivity index (χ2n) is 12.0. The highest BCUT2D eigenvalue weighted by molar-refractivity contribution is 5.69. The number of piperidine rings is 3. The first-order valence-electron chi connectivity index (χ1n) is 16.8. The minimum atomic E-state index is -0.430. The van der Waals surface area contributed by atoms with E-state index in [1.165, 1.54) is 14.2 Å². The third kappa shape index (κ3) is 15.5. The summed E-state index contributed by atoms with van der Waals surface area (Å²) in [7, 11) is 2.72. The molecule has 2 aromatic rings. The average Bonchev–Trinajstić information content (AvgIpc) is 3.15. The predicted octanol–water partition coefficient (Wildman–Crippen LogP) is 3.98. The molecule has 3 fully saturated rings. The van der Waals surface area contributed by atoms with Crippen LogP contribution in [0.1, 0.15) is 49.7 Å². The maximum absolute atomic E-state index is 11.9. The Labute approximate surface area is 288 Å². The zero-order valence-corrected chi connectivity index (χ0v) is 28.6. The van der Waals surface area contributed by atoms with Gasteiger partial charge in [0.25, 0.3) is 0 Å². The molecule has 3 aliphatic heterocycles. The van der Waals surface area contributed by atoms with Crippen LogP contribution in [-0.4, -0.2) is 106 Å². The lowest BCUT2D eigenvalue weighted by Crippen LogP contribution is -2.46. The number of benzene rings is 2. The molecule has 0 spiro atoms. The minimum Gasteiger partial charge on any atom is -0.453 e.